The lowest BCUT2D eigenvalue weighted by atomic mass is 9.72. The van der Waals surface area contributed by atoms with Gasteiger partial charge in [0, 0.05) is 44.3 Å². The van der Waals surface area contributed by atoms with Crippen LogP contribution in [0.25, 0.3) is 0 Å². The van der Waals surface area contributed by atoms with Crippen LogP contribution in [0.3, 0.4) is 0 Å². The molecule has 5 rings (SSSR count). The number of benzene rings is 3. The van der Waals surface area contributed by atoms with Crippen LogP contribution in [0, 0.1) is 21.4 Å². The van der Waals surface area contributed by atoms with Gasteiger partial charge in [0.25, 0.3) is 11.6 Å². The number of nitrogens with zero attached hydrogens (tertiary/aromatic N) is 2. The van der Waals surface area contributed by atoms with Gasteiger partial charge in [0.15, 0.2) is 0 Å². The fourth-order valence-electron chi connectivity index (χ4n) is 4.94. The van der Waals surface area contributed by atoms with Gasteiger partial charge in [-0.1, -0.05) is 68.9 Å². The largest absolute Gasteiger partial charge is 0.322 e. The van der Waals surface area contributed by atoms with Gasteiger partial charge in [-0.25, -0.2) is 4.99 Å². The number of non-ortho nitro benzene ring substituents is 1. The van der Waals surface area contributed by atoms with Crippen LogP contribution in [0.2, 0.25) is 0 Å². The molecule has 4 aromatic rings. The van der Waals surface area contributed by atoms with Gasteiger partial charge in [0.1, 0.15) is 5.00 Å². The number of rotatable bonds is 7. The molecule has 1 N–H and O–H groups in total. The van der Waals surface area contributed by atoms with Crippen LogP contribution >= 0.6 is 23.1 Å². The first kappa shape index (κ1) is 27.8. The molecule has 1 amide bonds. The zero-order chi connectivity index (χ0) is 28.3. The van der Waals surface area contributed by atoms with Gasteiger partial charge in [0.2, 0.25) is 0 Å². The van der Waals surface area contributed by atoms with E-state index in [1.165, 1.54) is 22.7 Å². The molecule has 0 aliphatic heterocycles. The number of nitrogens with one attached hydrogen (secondary N) is 1. The van der Waals surface area contributed by atoms with Gasteiger partial charge >= 0.3 is 0 Å². The highest BCUT2D eigenvalue weighted by Crippen LogP contribution is 2.45. The second-order valence-electron chi connectivity index (χ2n) is 11.0. The van der Waals surface area contributed by atoms with Gasteiger partial charge in [-0.2, -0.15) is 0 Å². The molecule has 1 aliphatic rings. The minimum atomic E-state index is -0.399. The van der Waals surface area contributed by atoms with Gasteiger partial charge < -0.3 is 5.32 Å². The van der Waals surface area contributed by atoms with Crippen molar-refractivity contribution < 1.29 is 9.72 Å². The summed E-state index contributed by atoms with van der Waals surface area (Å²) in [6.07, 6.45) is 4.42. The van der Waals surface area contributed by atoms with Crippen LogP contribution in [0.5, 0.6) is 0 Å². The Kier molecular flexibility index (Phi) is 8.19. The summed E-state index contributed by atoms with van der Waals surface area (Å²) < 4.78 is 0. The van der Waals surface area contributed by atoms with Crippen molar-refractivity contribution in [3.05, 3.63) is 111 Å². The first-order valence-corrected chi connectivity index (χ1v) is 14.9. The predicted octanol–water partition coefficient (Wildman–Crippen LogP) is 8.96. The number of hydrogen-bond donors (Lipinski definition) is 1. The third-order valence-corrected chi connectivity index (χ3v) is 9.49. The lowest BCUT2D eigenvalue weighted by molar-refractivity contribution is -0.384. The maximum Gasteiger partial charge on any atom is 0.270 e. The molecule has 3 aromatic carbocycles. The van der Waals surface area contributed by atoms with E-state index in [1.807, 2.05) is 60.7 Å². The minimum absolute atomic E-state index is 0.000557. The highest BCUT2D eigenvalue weighted by molar-refractivity contribution is 7.99. The molecule has 0 bridgehead atoms. The van der Waals surface area contributed by atoms with E-state index >= 15 is 0 Å². The molecule has 1 aromatic heterocycles. The number of fused-ring (bicyclic) bond motifs is 1. The van der Waals surface area contributed by atoms with Gasteiger partial charge in [-0.3, -0.25) is 14.9 Å². The first-order chi connectivity index (χ1) is 19.2. The normalized spacial score (nSPS) is 15.1. The molecule has 0 radical (unpaired) electrons. The molecule has 8 heteroatoms. The Morgan fingerprint density at radius 1 is 1.07 bits per heavy atom. The van der Waals surface area contributed by atoms with Gasteiger partial charge in [0.05, 0.1) is 10.5 Å². The van der Waals surface area contributed by atoms with Crippen molar-refractivity contribution >= 4 is 51.6 Å². The standard InChI is InChI=1S/C32H31N3O3S2/c1-32(2,3)22-14-16-26-28(19-22)40-31(29(26)30(36)34-23-10-6-4-7-11-23)33-20-21-18-24(35(37)38)15-17-27(21)39-25-12-8-5-9-13-25/h4-13,15,17-18,20,22H,14,16,19H2,1-3H3,(H,34,36)/t22-/m1/s1. The van der Waals surface area contributed by atoms with Crippen LogP contribution in [0.15, 0.2) is 93.6 Å². The molecule has 1 heterocycles. The van der Waals surface area contributed by atoms with Crippen molar-refractivity contribution in [2.45, 2.75) is 49.8 Å². The zero-order valence-electron chi connectivity index (χ0n) is 22.7. The van der Waals surface area contributed by atoms with Gasteiger partial charge in [-0.15, -0.1) is 11.3 Å². The fraction of sp³-hybridized carbons (Fsp3) is 0.250. The third-order valence-electron chi connectivity index (χ3n) is 7.23. The number of nitro benzene ring substituents is 1. The first-order valence-electron chi connectivity index (χ1n) is 13.3. The SMILES string of the molecule is CC(C)(C)[C@@H]1CCc2c(sc(N=Cc3cc([N+](=O)[O-])ccc3Sc3ccccc3)c2C(=O)Nc2ccccc2)C1. The molecule has 6 nitrogen and oxygen atoms in total. The van der Waals surface area contributed by atoms with Crippen molar-refractivity contribution in [1.82, 2.24) is 0 Å². The molecule has 1 atom stereocenters. The number of hydrogen-bond acceptors (Lipinski definition) is 6. The van der Waals surface area contributed by atoms with Crippen molar-refractivity contribution in [1.29, 1.82) is 0 Å². The number of aliphatic imine (C=N–C) groups is 1. The molecule has 40 heavy (non-hydrogen) atoms. The summed E-state index contributed by atoms with van der Waals surface area (Å²) >= 11 is 3.08. The Morgan fingerprint density at radius 3 is 2.45 bits per heavy atom. The fourth-order valence-corrected chi connectivity index (χ4v) is 7.12. The van der Waals surface area contributed by atoms with E-state index in [2.05, 4.69) is 26.1 Å². The Balaban J connectivity index is 1.54. The number of anilines is 1. The summed E-state index contributed by atoms with van der Waals surface area (Å²) in [5, 5.41) is 15.2. The van der Waals surface area contributed by atoms with E-state index in [4.69, 9.17) is 4.99 Å². The minimum Gasteiger partial charge on any atom is -0.322 e. The molecule has 204 valence electrons. The molecule has 0 unspecified atom stereocenters. The van der Waals surface area contributed by atoms with Crippen LogP contribution in [-0.4, -0.2) is 17.0 Å². The highest BCUT2D eigenvalue weighted by Gasteiger charge is 2.33. The Hall–Kier alpha value is -3.75. The van der Waals surface area contributed by atoms with E-state index in [9.17, 15) is 14.9 Å². The van der Waals surface area contributed by atoms with Crippen molar-refractivity contribution in [2.24, 2.45) is 16.3 Å². The summed E-state index contributed by atoms with van der Waals surface area (Å²) in [5.41, 5.74) is 3.21. The van der Waals surface area contributed by atoms with E-state index in [0.29, 0.717) is 22.0 Å². The molecule has 0 spiro atoms. The third kappa shape index (κ3) is 6.35. The van der Waals surface area contributed by atoms with Crippen LogP contribution in [-0.2, 0) is 12.8 Å². The van der Waals surface area contributed by atoms with Crippen LogP contribution < -0.4 is 5.32 Å². The topological polar surface area (TPSA) is 84.6 Å². The number of para-hydroxylation sites is 1. The summed E-state index contributed by atoms with van der Waals surface area (Å²) in [6.45, 7) is 6.81. The second kappa shape index (κ2) is 11.8. The average Bonchev–Trinajstić information content (AvgIpc) is 3.31. The number of carbonyl (C=O) groups excluding carboxylic acids is 1. The van der Waals surface area contributed by atoms with E-state index in [-0.39, 0.29) is 17.0 Å². The van der Waals surface area contributed by atoms with Crippen LogP contribution in [0.1, 0.15) is 53.6 Å². The van der Waals surface area contributed by atoms with E-state index < -0.39 is 4.92 Å². The highest BCUT2D eigenvalue weighted by atomic mass is 32.2. The van der Waals surface area contributed by atoms with Crippen LogP contribution in [0.4, 0.5) is 16.4 Å². The summed E-state index contributed by atoms with van der Waals surface area (Å²) in [4.78, 5) is 32.7. The molecular weight excluding hydrogens is 539 g/mol. The maximum atomic E-state index is 13.6. The lowest BCUT2D eigenvalue weighted by Crippen LogP contribution is -2.27. The predicted molar refractivity (Wildman–Crippen MR) is 165 cm³/mol. The molecule has 1 aliphatic carbocycles. The molecule has 0 saturated carbocycles. The Labute approximate surface area is 242 Å². The van der Waals surface area contributed by atoms with Crippen molar-refractivity contribution in [2.75, 3.05) is 5.32 Å². The second-order valence-corrected chi connectivity index (χ2v) is 13.2. The average molecular weight is 570 g/mol. The number of amides is 1. The van der Waals surface area contributed by atoms with Crippen molar-refractivity contribution in [3.8, 4) is 0 Å². The Bertz CT molecular complexity index is 1560. The maximum absolute atomic E-state index is 13.6. The quantitative estimate of drug-likeness (QED) is 0.137. The summed E-state index contributed by atoms with van der Waals surface area (Å²) in [7, 11) is 0. The molecule has 0 fully saturated rings. The summed E-state index contributed by atoms with van der Waals surface area (Å²) in [6, 6.07) is 24.1. The number of nitro groups is 1. The van der Waals surface area contributed by atoms with Crippen molar-refractivity contribution in [3.63, 3.8) is 0 Å². The lowest BCUT2D eigenvalue weighted by Gasteiger charge is -2.33. The molecule has 0 saturated heterocycles. The monoisotopic (exact) mass is 569 g/mol. The summed E-state index contributed by atoms with van der Waals surface area (Å²) in [5.74, 6) is 0.342. The Morgan fingerprint density at radius 2 is 1.77 bits per heavy atom. The zero-order valence-corrected chi connectivity index (χ0v) is 24.4. The van der Waals surface area contributed by atoms with E-state index in [1.54, 1.807) is 29.7 Å². The van der Waals surface area contributed by atoms with Gasteiger partial charge in [-0.05, 0) is 66.5 Å². The number of thiophene rings is 1. The molecular formula is C32H31N3O3S2. The smallest absolute Gasteiger partial charge is 0.270 e. The number of carbonyl (C=O) groups is 1. The van der Waals surface area contributed by atoms with E-state index in [0.717, 1.165) is 40.3 Å².